The summed E-state index contributed by atoms with van der Waals surface area (Å²) in [6, 6.07) is 1.99. The van der Waals surface area contributed by atoms with E-state index in [1.807, 2.05) is 6.07 Å². The Morgan fingerprint density at radius 3 is 3.27 bits per heavy atom. The van der Waals surface area contributed by atoms with Crippen molar-refractivity contribution in [2.75, 3.05) is 6.61 Å². The molecule has 1 aromatic rings. The van der Waals surface area contributed by atoms with E-state index in [0.717, 1.165) is 5.82 Å². The van der Waals surface area contributed by atoms with E-state index in [0.29, 0.717) is 19.6 Å². The van der Waals surface area contributed by atoms with Crippen molar-refractivity contribution in [3.63, 3.8) is 0 Å². The molecule has 0 atom stereocenters. The molecule has 0 aliphatic rings. The Balaban J connectivity index is 2.10. The minimum absolute atomic E-state index is 0.431. The van der Waals surface area contributed by atoms with Crippen molar-refractivity contribution in [1.82, 2.24) is 9.97 Å². The molecule has 0 spiro atoms. The van der Waals surface area contributed by atoms with E-state index in [2.05, 4.69) is 9.97 Å². The van der Waals surface area contributed by atoms with Crippen LogP contribution in [0.4, 0.5) is 0 Å². The molecule has 11 heavy (non-hydrogen) atoms. The monoisotopic (exact) mass is 151 g/mol. The molecule has 0 aliphatic carbocycles. The molecule has 0 unspecified atom stereocenters. The molecule has 0 saturated heterocycles. The summed E-state index contributed by atoms with van der Waals surface area (Å²) in [4.78, 5) is 6.85. The van der Waals surface area contributed by atoms with Gasteiger partial charge >= 0.3 is 0 Å². The molecule has 0 saturated carbocycles. The van der Waals surface area contributed by atoms with E-state index in [1.54, 1.807) is 12.4 Å². The van der Waals surface area contributed by atoms with Gasteiger partial charge in [0.15, 0.2) is 0 Å². The lowest BCUT2D eigenvalue weighted by molar-refractivity contribution is 0.121. The van der Waals surface area contributed by atoms with Crippen LogP contribution in [0.2, 0.25) is 0 Å². The summed E-state index contributed by atoms with van der Waals surface area (Å²) < 4.78 is 5.10. The van der Waals surface area contributed by atoms with Crippen LogP contribution in [0, 0.1) is 11.3 Å². The van der Waals surface area contributed by atoms with Crippen LogP contribution in [0.3, 0.4) is 0 Å². The number of ether oxygens (including phenoxy) is 1. The van der Waals surface area contributed by atoms with Crippen LogP contribution in [-0.4, -0.2) is 16.6 Å². The van der Waals surface area contributed by atoms with Crippen LogP contribution in [0.25, 0.3) is 0 Å². The van der Waals surface area contributed by atoms with E-state index in [-0.39, 0.29) is 0 Å². The SMILES string of the molecule is N#CCCOCc1ncc[nH]1. The van der Waals surface area contributed by atoms with Crippen molar-refractivity contribution < 1.29 is 4.74 Å². The highest BCUT2D eigenvalue weighted by atomic mass is 16.5. The number of hydrogen-bond donors (Lipinski definition) is 1. The zero-order chi connectivity index (χ0) is 7.94. The van der Waals surface area contributed by atoms with Gasteiger partial charge < -0.3 is 9.72 Å². The van der Waals surface area contributed by atoms with Crippen molar-refractivity contribution in [2.24, 2.45) is 0 Å². The summed E-state index contributed by atoms with van der Waals surface area (Å²) in [5.41, 5.74) is 0. The minimum Gasteiger partial charge on any atom is -0.372 e. The van der Waals surface area contributed by atoms with Crippen LogP contribution >= 0.6 is 0 Å². The number of aromatic nitrogens is 2. The Morgan fingerprint density at radius 2 is 2.64 bits per heavy atom. The number of H-pyrrole nitrogens is 1. The first-order valence-corrected chi connectivity index (χ1v) is 3.36. The fourth-order valence-corrected chi connectivity index (χ4v) is 0.664. The second kappa shape index (κ2) is 4.47. The van der Waals surface area contributed by atoms with Crippen LogP contribution in [0.5, 0.6) is 0 Å². The molecular weight excluding hydrogens is 142 g/mol. The lowest BCUT2D eigenvalue weighted by Gasteiger charge is -1.96. The Labute approximate surface area is 64.8 Å². The third-order valence-electron chi connectivity index (χ3n) is 1.15. The quantitative estimate of drug-likeness (QED) is 0.648. The predicted molar refractivity (Wildman–Crippen MR) is 38.5 cm³/mol. The van der Waals surface area contributed by atoms with E-state index in [9.17, 15) is 0 Å². The number of imidazole rings is 1. The summed E-state index contributed by atoms with van der Waals surface area (Å²) in [6.07, 6.45) is 3.84. The third-order valence-corrected chi connectivity index (χ3v) is 1.15. The highest BCUT2D eigenvalue weighted by molar-refractivity contribution is 4.83. The minimum atomic E-state index is 0.431. The number of aromatic amines is 1. The van der Waals surface area contributed by atoms with Gasteiger partial charge in [0.05, 0.1) is 19.1 Å². The van der Waals surface area contributed by atoms with E-state index < -0.39 is 0 Å². The van der Waals surface area contributed by atoms with Crippen LogP contribution in [-0.2, 0) is 11.3 Å². The van der Waals surface area contributed by atoms with Crippen molar-refractivity contribution in [3.05, 3.63) is 18.2 Å². The predicted octanol–water partition coefficient (Wildman–Crippen LogP) is 0.840. The average molecular weight is 151 g/mol. The van der Waals surface area contributed by atoms with Gasteiger partial charge in [-0.3, -0.25) is 0 Å². The van der Waals surface area contributed by atoms with Crippen molar-refractivity contribution in [2.45, 2.75) is 13.0 Å². The number of nitrogens with one attached hydrogen (secondary N) is 1. The van der Waals surface area contributed by atoms with Crippen LogP contribution in [0.1, 0.15) is 12.2 Å². The van der Waals surface area contributed by atoms with Gasteiger partial charge in [-0.15, -0.1) is 0 Å². The first kappa shape index (κ1) is 7.76. The molecule has 0 fully saturated rings. The molecule has 1 aromatic heterocycles. The van der Waals surface area contributed by atoms with Crippen molar-refractivity contribution >= 4 is 0 Å². The maximum absolute atomic E-state index is 8.17. The Bertz CT molecular complexity index is 224. The average Bonchev–Trinajstić information content (AvgIpc) is 2.50. The second-order valence-corrected chi connectivity index (χ2v) is 2.00. The summed E-state index contributed by atoms with van der Waals surface area (Å²) in [6.45, 7) is 0.923. The summed E-state index contributed by atoms with van der Waals surface area (Å²) in [5.74, 6) is 0.794. The molecule has 1 heterocycles. The van der Waals surface area contributed by atoms with Gasteiger partial charge in [0.1, 0.15) is 12.4 Å². The highest BCUT2D eigenvalue weighted by Crippen LogP contribution is 1.91. The normalized spacial score (nSPS) is 9.36. The first-order chi connectivity index (χ1) is 5.43. The molecule has 0 amide bonds. The fourth-order valence-electron chi connectivity index (χ4n) is 0.664. The molecule has 1 rings (SSSR count). The Morgan fingerprint density at radius 1 is 1.73 bits per heavy atom. The smallest absolute Gasteiger partial charge is 0.132 e. The summed E-state index contributed by atoms with van der Waals surface area (Å²) in [5, 5.41) is 8.17. The van der Waals surface area contributed by atoms with Crippen molar-refractivity contribution in [3.8, 4) is 6.07 Å². The standard InChI is InChI=1S/C7H9N3O/c8-2-1-5-11-6-7-9-3-4-10-7/h3-4H,1,5-6H2,(H,9,10). The van der Waals surface area contributed by atoms with Gasteiger partial charge in [-0.1, -0.05) is 0 Å². The lowest BCUT2D eigenvalue weighted by atomic mass is 10.5. The maximum atomic E-state index is 8.17. The molecule has 4 heteroatoms. The topological polar surface area (TPSA) is 61.7 Å². The molecule has 58 valence electrons. The Hall–Kier alpha value is -1.34. The zero-order valence-electron chi connectivity index (χ0n) is 6.08. The molecule has 0 aliphatic heterocycles. The van der Waals surface area contributed by atoms with E-state index >= 15 is 0 Å². The Kier molecular flexibility index (Phi) is 3.16. The number of rotatable bonds is 4. The van der Waals surface area contributed by atoms with Gasteiger partial charge in [-0.2, -0.15) is 5.26 Å². The van der Waals surface area contributed by atoms with Crippen LogP contribution < -0.4 is 0 Å². The van der Waals surface area contributed by atoms with Gasteiger partial charge in [0, 0.05) is 12.4 Å². The van der Waals surface area contributed by atoms with E-state index in [4.69, 9.17) is 10.00 Å². The number of nitrogens with zero attached hydrogens (tertiary/aromatic N) is 2. The lowest BCUT2D eigenvalue weighted by Crippen LogP contribution is -1.95. The second-order valence-electron chi connectivity index (χ2n) is 2.00. The largest absolute Gasteiger partial charge is 0.372 e. The molecular formula is C7H9N3O. The van der Waals surface area contributed by atoms with Crippen molar-refractivity contribution in [1.29, 1.82) is 5.26 Å². The molecule has 0 radical (unpaired) electrons. The molecule has 0 aromatic carbocycles. The first-order valence-electron chi connectivity index (χ1n) is 3.36. The maximum Gasteiger partial charge on any atom is 0.132 e. The van der Waals surface area contributed by atoms with Gasteiger partial charge in [0.2, 0.25) is 0 Å². The molecule has 0 bridgehead atoms. The summed E-state index contributed by atoms with van der Waals surface area (Å²) >= 11 is 0. The summed E-state index contributed by atoms with van der Waals surface area (Å²) in [7, 11) is 0. The number of hydrogen-bond acceptors (Lipinski definition) is 3. The third kappa shape index (κ3) is 2.83. The van der Waals surface area contributed by atoms with E-state index in [1.165, 1.54) is 0 Å². The van der Waals surface area contributed by atoms with Gasteiger partial charge in [0.25, 0.3) is 0 Å². The fraction of sp³-hybridized carbons (Fsp3) is 0.429. The van der Waals surface area contributed by atoms with Gasteiger partial charge in [-0.25, -0.2) is 4.98 Å². The highest BCUT2D eigenvalue weighted by Gasteiger charge is 1.92. The molecule has 1 N–H and O–H groups in total. The zero-order valence-corrected chi connectivity index (χ0v) is 6.08. The van der Waals surface area contributed by atoms with Crippen LogP contribution in [0.15, 0.2) is 12.4 Å². The van der Waals surface area contributed by atoms with Gasteiger partial charge in [-0.05, 0) is 0 Å². The molecule has 4 nitrogen and oxygen atoms in total. The number of nitriles is 1.